The molecule has 150 valence electrons. The van der Waals surface area contributed by atoms with E-state index < -0.39 is 19.9 Å². The van der Waals surface area contributed by atoms with E-state index in [0.29, 0.717) is 30.5 Å². The van der Waals surface area contributed by atoms with Crippen LogP contribution in [0.5, 0.6) is 0 Å². The Labute approximate surface area is 176 Å². The fourth-order valence-electron chi connectivity index (χ4n) is 2.94. The molecule has 3 heterocycles. The van der Waals surface area contributed by atoms with Gasteiger partial charge >= 0.3 is 0 Å². The second-order valence-electron chi connectivity index (χ2n) is 6.35. The Bertz CT molecular complexity index is 1240. The Morgan fingerprint density at radius 1 is 1.00 bits per heavy atom. The van der Waals surface area contributed by atoms with Gasteiger partial charge in [0.15, 0.2) is 15.0 Å². The summed E-state index contributed by atoms with van der Waals surface area (Å²) in [5, 5.41) is 0.761. The number of nitrogens with zero attached hydrogens (tertiary/aromatic N) is 3. The maximum atomic E-state index is 12.7. The van der Waals surface area contributed by atoms with Gasteiger partial charge in [-0.05, 0) is 30.3 Å². The van der Waals surface area contributed by atoms with Crippen LogP contribution < -0.4 is 4.90 Å². The van der Waals surface area contributed by atoms with Gasteiger partial charge in [0.25, 0.3) is 10.0 Å². The lowest BCUT2D eigenvalue weighted by molar-refractivity contribution is 0.386. The molecule has 1 aliphatic heterocycles. The molecule has 1 fully saturated rings. The zero-order chi connectivity index (χ0) is 20.1. The van der Waals surface area contributed by atoms with Gasteiger partial charge in [0.05, 0.1) is 19.4 Å². The van der Waals surface area contributed by atoms with Crippen LogP contribution in [0.3, 0.4) is 0 Å². The van der Waals surface area contributed by atoms with Crippen LogP contribution in [-0.2, 0) is 19.9 Å². The zero-order valence-electron chi connectivity index (χ0n) is 14.7. The van der Waals surface area contributed by atoms with Crippen molar-refractivity contribution in [1.82, 2.24) is 9.29 Å². The summed E-state index contributed by atoms with van der Waals surface area (Å²) in [6, 6.07) is 8.00. The lowest BCUT2D eigenvalue weighted by Gasteiger charge is -2.33. The molecule has 28 heavy (non-hydrogen) atoms. The number of sulfonamides is 1. The summed E-state index contributed by atoms with van der Waals surface area (Å²) in [7, 11) is -6.81. The molecular weight excluding hydrogens is 462 g/mol. The molecule has 0 radical (unpaired) electrons. The highest BCUT2D eigenvalue weighted by molar-refractivity contribution is 7.91. The van der Waals surface area contributed by atoms with Crippen molar-refractivity contribution < 1.29 is 16.8 Å². The summed E-state index contributed by atoms with van der Waals surface area (Å²) in [4.78, 5) is 6.87. The minimum absolute atomic E-state index is 0.249. The largest absolute Gasteiger partial charge is 0.345 e. The van der Waals surface area contributed by atoms with E-state index in [9.17, 15) is 16.8 Å². The Hall–Kier alpha value is -1.24. The van der Waals surface area contributed by atoms with Gasteiger partial charge in [-0.1, -0.05) is 22.9 Å². The van der Waals surface area contributed by atoms with E-state index in [4.69, 9.17) is 11.6 Å². The van der Waals surface area contributed by atoms with Gasteiger partial charge in [-0.3, -0.25) is 0 Å². The van der Waals surface area contributed by atoms with Gasteiger partial charge in [-0.15, -0.1) is 11.3 Å². The quantitative estimate of drug-likeness (QED) is 0.574. The first-order chi connectivity index (χ1) is 13.1. The van der Waals surface area contributed by atoms with Crippen molar-refractivity contribution >= 4 is 69.5 Å². The van der Waals surface area contributed by atoms with Gasteiger partial charge in [0.1, 0.15) is 4.21 Å². The lowest BCUT2D eigenvalue weighted by Crippen LogP contribution is -2.48. The topological polar surface area (TPSA) is 87.7 Å². The third-order valence-electron chi connectivity index (χ3n) is 4.43. The molecule has 4 rings (SSSR count). The fourth-order valence-corrected chi connectivity index (χ4v) is 7.78. The molecule has 0 spiro atoms. The first-order valence-corrected chi connectivity index (χ1v) is 13.6. The molecule has 0 unspecified atom stereocenters. The minimum Gasteiger partial charge on any atom is -0.345 e. The van der Waals surface area contributed by atoms with E-state index in [-0.39, 0.29) is 9.10 Å². The van der Waals surface area contributed by atoms with Gasteiger partial charge in [-0.25, -0.2) is 21.8 Å². The molecular formula is C16H16ClN3O4S4. The predicted octanol–water partition coefficient (Wildman–Crippen LogP) is 2.93. The molecule has 1 aliphatic rings. The highest BCUT2D eigenvalue weighted by Crippen LogP contribution is 2.32. The van der Waals surface area contributed by atoms with Crippen molar-refractivity contribution in [2.45, 2.75) is 9.10 Å². The normalized spacial score (nSPS) is 16.7. The Kier molecular flexibility index (Phi) is 5.17. The van der Waals surface area contributed by atoms with E-state index in [2.05, 4.69) is 4.98 Å². The van der Waals surface area contributed by atoms with Crippen LogP contribution in [0, 0.1) is 0 Å². The average Bonchev–Trinajstić information content (AvgIpc) is 3.27. The predicted molar refractivity (Wildman–Crippen MR) is 113 cm³/mol. The fraction of sp³-hybridized carbons (Fsp3) is 0.312. The van der Waals surface area contributed by atoms with Gasteiger partial charge in [-0.2, -0.15) is 4.31 Å². The average molecular weight is 478 g/mol. The molecule has 0 atom stereocenters. The van der Waals surface area contributed by atoms with E-state index >= 15 is 0 Å². The van der Waals surface area contributed by atoms with Crippen LogP contribution in [0.2, 0.25) is 4.34 Å². The minimum atomic E-state index is -3.54. The third-order valence-corrected chi connectivity index (χ3v) is 10.2. The Morgan fingerprint density at radius 3 is 2.32 bits per heavy atom. The monoisotopic (exact) mass is 477 g/mol. The molecule has 0 saturated carbocycles. The summed E-state index contributed by atoms with van der Waals surface area (Å²) in [5.74, 6) is 0. The van der Waals surface area contributed by atoms with Crippen LogP contribution in [-0.4, -0.2) is 58.6 Å². The standard InChI is InChI=1S/C16H16ClN3O4S4/c1-27(21,22)11-2-3-12-13(10-11)25-16(18-12)19-6-8-20(9-7-19)28(23,24)15-5-4-14(17)26-15/h2-5,10H,6-9H2,1H3. The Balaban J connectivity index is 1.52. The molecule has 0 amide bonds. The van der Waals surface area contributed by atoms with Crippen molar-refractivity contribution in [3.8, 4) is 0 Å². The first kappa shape index (κ1) is 20.0. The zero-order valence-corrected chi connectivity index (χ0v) is 18.7. The van der Waals surface area contributed by atoms with Crippen LogP contribution in [0.4, 0.5) is 5.13 Å². The Morgan fingerprint density at radius 2 is 1.71 bits per heavy atom. The lowest BCUT2D eigenvalue weighted by atomic mass is 10.3. The van der Waals surface area contributed by atoms with E-state index in [0.717, 1.165) is 26.7 Å². The summed E-state index contributed by atoms with van der Waals surface area (Å²) < 4.78 is 51.8. The highest BCUT2D eigenvalue weighted by Gasteiger charge is 2.30. The number of fused-ring (bicyclic) bond motifs is 1. The van der Waals surface area contributed by atoms with Crippen LogP contribution >= 0.6 is 34.3 Å². The van der Waals surface area contributed by atoms with E-state index in [1.54, 1.807) is 24.3 Å². The SMILES string of the molecule is CS(=O)(=O)c1ccc2nc(N3CCN(S(=O)(=O)c4ccc(Cl)s4)CC3)sc2c1. The third kappa shape index (κ3) is 3.79. The van der Waals surface area contributed by atoms with E-state index in [1.807, 2.05) is 4.90 Å². The van der Waals surface area contributed by atoms with E-state index in [1.165, 1.54) is 28.0 Å². The number of piperazine rings is 1. The van der Waals surface area contributed by atoms with Crippen LogP contribution in [0.15, 0.2) is 39.4 Å². The number of benzene rings is 1. The number of sulfone groups is 1. The van der Waals surface area contributed by atoms with Gasteiger partial charge in [0.2, 0.25) is 0 Å². The second-order valence-corrected chi connectivity index (χ2v) is 13.3. The van der Waals surface area contributed by atoms with Crippen molar-refractivity contribution in [3.05, 3.63) is 34.7 Å². The molecule has 1 saturated heterocycles. The van der Waals surface area contributed by atoms with Crippen molar-refractivity contribution in [3.63, 3.8) is 0 Å². The smallest absolute Gasteiger partial charge is 0.252 e. The van der Waals surface area contributed by atoms with Gasteiger partial charge in [0, 0.05) is 32.4 Å². The summed E-state index contributed by atoms with van der Waals surface area (Å²) in [5.41, 5.74) is 0.732. The molecule has 0 aliphatic carbocycles. The number of aromatic nitrogens is 1. The molecule has 2 aromatic heterocycles. The highest BCUT2D eigenvalue weighted by atomic mass is 35.5. The first-order valence-electron chi connectivity index (χ1n) is 8.26. The number of halogens is 1. The molecule has 0 N–H and O–H groups in total. The van der Waals surface area contributed by atoms with Crippen molar-refractivity contribution in [1.29, 1.82) is 0 Å². The van der Waals surface area contributed by atoms with Crippen molar-refractivity contribution in [2.24, 2.45) is 0 Å². The number of anilines is 1. The van der Waals surface area contributed by atoms with Crippen LogP contribution in [0.1, 0.15) is 0 Å². The number of rotatable bonds is 4. The number of thiazole rings is 1. The second kappa shape index (κ2) is 7.22. The van der Waals surface area contributed by atoms with Gasteiger partial charge < -0.3 is 4.90 Å². The maximum Gasteiger partial charge on any atom is 0.252 e. The molecule has 0 bridgehead atoms. The molecule has 7 nitrogen and oxygen atoms in total. The maximum absolute atomic E-state index is 12.7. The molecule has 12 heteroatoms. The summed E-state index contributed by atoms with van der Waals surface area (Å²) in [6.07, 6.45) is 1.18. The number of hydrogen-bond donors (Lipinski definition) is 0. The van der Waals surface area contributed by atoms with Crippen LogP contribution in [0.25, 0.3) is 10.2 Å². The molecule has 1 aromatic carbocycles. The number of hydrogen-bond acceptors (Lipinski definition) is 8. The summed E-state index contributed by atoms with van der Waals surface area (Å²) >= 11 is 8.33. The number of thiophene rings is 1. The van der Waals surface area contributed by atoms with Crippen molar-refractivity contribution in [2.75, 3.05) is 37.3 Å². The molecule has 3 aromatic rings. The summed E-state index contributed by atoms with van der Waals surface area (Å²) in [6.45, 7) is 1.72.